The highest BCUT2D eigenvalue weighted by molar-refractivity contribution is 7.89. The minimum Gasteiger partial charge on any atom is -0.497 e. The summed E-state index contributed by atoms with van der Waals surface area (Å²) in [5, 5.41) is 0. The normalized spacial score (nSPS) is 13.6. The molecule has 2 atom stereocenters. The Hall–Kier alpha value is -3.38. The Kier molecular flexibility index (Phi) is 9.92. The Balaban J connectivity index is 2.03. The van der Waals surface area contributed by atoms with Gasteiger partial charge in [-0.25, -0.2) is 13.9 Å². The summed E-state index contributed by atoms with van der Waals surface area (Å²) in [4.78, 5) is 27.3. The van der Waals surface area contributed by atoms with E-state index in [0.717, 1.165) is 9.87 Å². The summed E-state index contributed by atoms with van der Waals surface area (Å²) in [5.41, 5.74) is 3.11. The molecule has 1 amide bonds. The molecule has 0 saturated heterocycles. The topological polar surface area (TPSA) is 120 Å². The van der Waals surface area contributed by atoms with Crippen molar-refractivity contribution in [3.8, 4) is 5.75 Å². The lowest BCUT2D eigenvalue weighted by atomic mass is 10.1. The highest BCUT2D eigenvalue weighted by Gasteiger charge is 2.41. The molecule has 0 saturated carbocycles. The van der Waals surface area contributed by atoms with E-state index < -0.39 is 33.7 Å². The van der Waals surface area contributed by atoms with Crippen molar-refractivity contribution in [2.75, 3.05) is 7.11 Å². The lowest BCUT2D eigenvalue weighted by Gasteiger charge is -2.34. The molecule has 2 heterocycles. The maximum absolute atomic E-state index is 14.0. The van der Waals surface area contributed by atoms with Crippen LogP contribution in [0.3, 0.4) is 0 Å². The summed E-state index contributed by atoms with van der Waals surface area (Å²) >= 11 is 0. The number of rotatable bonds is 12. The van der Waals surface area contributed by atoms with Crippen LogP contribution >= 0.6 is 0 Å². The lowest BCUT2D eigenvalue weighted by Crippen LogP contribution is -2.55. The van der Waals surface area contributed by atoms with Gasteiger partial charge < -0.3 is 9.47 Å². The molecule has 0 aliphatic rings. The van der Waals surface area contributed by atoms with Crippen molar-refractivity contribution in [1.82, 2.24) is 19.8 Å². The SMILES string of the molecule is COc1ccc(S(=O)(=O)N(Cc2cccnc2)[C@@H](C(=O)NOC(C)(C)C)[C@@H](C)OCc2cccnc2)cc1. The number of nitrogens with one attached hydrogen (secondary N) is 1. The molecule has 0 bridgehead atoms. The van der Waals surface area contributed by atoms with Crippen LogP contribution in [0.1, 0.15) is 38.8 Å². The molecule has 3 aromatic rings. The molecule has 0 radical (unpaired) electrons. The van der Waals surface area contributed by atoms with Gasteiger partial charge in [0.2, 0.25) is 10.0 Å². The second-order valence-corrected chi connectivity index (χ2v) is 11.5. The van der Waals surface area contributed by atoms with E-state index in [1.54, 1.807) is 82.8 Å². The van der Waals surface area contributed by atoms with Crippen molar-refractivity contribution in [2.45, 2.75) is 63.5 Å². The number of carbonyl (C=O) groups is 1. The van der Waals surface area contributed by atoms with Crippen molar-refractivity contribution in [1.29, 1.82) is 0 Å². The summed E-state index contributed by atoms with van der Waals surface area (Å²) in [6.07, 6.45) is 5.56. The van der Waals surface area contributed by atoms with Crippen LogP contribution in [-0.4, -0.2) is 53.5 Å². The number of nitrogens with zero attached hydrogens (tertiary/aromatic N) is 3. The number of methoxy groups -OCH3 is 1. The van der Waals surface area contributed by atoms with E-state index in [2.05, 4.69) is 15.4 Å². The van der Waals surface area contributed by atoms with Crippen LogP contribution in [0.25, 0.3) is 0 Å². The first-order valence-electron chi connectivity index (χ1n) is 12.0. The van der Waals surface area contributed by atoms with Crippen molar-refractivity contribution in [3.05, 3.63) is 84.4 Å². The van der Waals surface area contributed by atoms with Crippen LogP contribution in [0.2, 0.25) is 0 Å². The van der Waals surface area contributed by atoms with Gasteiger partial charge in [-0.1, -0.05) is 12.1 Å². The predicted molar refractivity (Wildman–Crippen MR) is 141 cm³/mol. The first-order chi connectivity index (χ1) is 18.0. The monoisotopic (exact) mass is 542 g/mol. The van der Waals surface area contributed by atoms with Gasteiger partial charge in [0.25, 0.3) is 5.91 Å². The van der Waals surface area contributed by atoms with Gasteiger partial charge in [-0.15, -0.1) is 0 Å². The molecule has 0 unspecified atom stereocenters. The number of ether oxygens (including phenoxy) is 2. The van der Waals surface area contributed by atoms with E-state index in [1.165, 1.54) is 19.2 Å². The van der Waals surface area contributed by atoms with Crippen molar-refractivity contribution < 1.29 is 27.5 Å². The van der Waals surface area contributed by atoms with Gasteiger partial charge in [0.1, 0.15) is 11.8 Å². The van der Waals surface area contributed by atoms with E-state index in [-0.39, 0.29) is 18.0 Å². The third kappa shape index (κ3) is 8.06. The fraction of sp³-hybridized carbons (Fsp3) is 0.370. The molecule has 1 aromatic carbocycles. The number of amides is 1. The van der Waals surface area contributed by atoms with Gasteiger partial charge >= 0.3 is 0 Å². The van der Waals surface area contributed by atoms with Gasteiger partial charge in [-0.2, -0.15) is 4.31 Å². The summed E-state index contributed by atoms with van der Waals surface area (Å²) in [6, 6.07) is 11.7. The Morgan fingerprint density at radius 3 is 2.13 bits per heavy atom. The van der Waals surface area contributed by atoms with Gasteiger partial charge in [-0.05, 0) is 75.2 Å². The summed E-state index contributed by atoms with van der Waals surface area (Å²) < 4.78 is 40.4. The van der Waals surface area contributed by atoms with Crippen LogP contribution in [-0.2, 0) is 37.5 Å². The number of aromatic nitrogens is 2. The summed E-state index contributed by atoms with van der Waals surface area (Å²) in [5.74, 6) is -0.164. The molecular weight excluding hydrogens is 508 g/mol. The van der Waals surface area contributed by atoms with Crippen LogP contribution in [0, 0.1) is 0 Å². The van der Waals surface area contributed by atoms with Gasteiger partial charge in [-0.3, -0.25) is 19.6 Å². The molecular formula is C27H34N4O6S. The second kappa shape index (κ2) is 12.9. The second-order valence-electron chi connectivity index (χ2n) is 9.59. The number of carbonyl (C=O) groups excluding carboxylic acids is 1. The van der Waals surface area contributed by atoms with Gasteiger partial charge in [0.15, 0.2) is 0 Å². The number of sulfonamides is 1. The Bertz CT molecular complexity index is 1270. The lowest BCUT2D eigenvalue weighted by molar-refractivity contribution is -0.154. The highest BCUT2D eigenvalue weighted by Crippen LogP contribution is 2.26. The smallest absolute Gasteiger partial charge is 0.264 e. The average Bonchev–Trinajstić information content (AvgIpc) is 2.91. The van der Waals surface area contributed by atoms with E-state index >= 15 is 0 Å². The predicted octanol–water partition coefficient (Wildman–Crippen LogP) is 3.50. The third-order valence-electron chi connectivity index (χ3n) is 5.44. The fourth-order valence-corrected chi connectivity index (χ4v) is 5.17. The number of benzene rings is 1. The number of hydrogen-bond donors (Lipinski definition) is 1. The Morgan fingerprint density at radius 2 is 1.61 bits per heavy atom. The molecule has 0 aliphatic carbocycles. The molecule has 1 N–H and O–H groups in total. The maximum atomic E-state index is 14.0. The molecule has 10 nitrogen and oxygen atoms in total. The molecule has 38 heavy (non-hydrogen) atoms. The fourth-order valence-electron chi connectivity index (χ4n) is 3.53. The molecule has 11 heteroatoms. The largest absolute Gasteiger partial charge is 0.497 e. The van der Waals surface area contributed by atoms with Crippen LogP contribution in [0.5, 0.6) is 5.75 Å². The molecule has 204 valence electrons. The van der Waals surface area contributed by atoms with Crippen LogP contribution in [0.4, 0.5) is 0 Å². The van der Waals surface area contributed by atoms with E-state index in [4.69, 9.17) is 14.3 Å². The Labute approximate surface area is 224 Å². The van der Waals surface area contributed by atoms with Crippen molar-refractivity contribution in [3.63, 3.8) is 0 Å². The highest BCUT2D eigenvalue weighted by atomic mass is 32.2. The van der Waals surface area contributed by atoms with Crippen LogP contribution < -0.4 is 10.2 Å². The molecule has 2 aromatic heterocycles. The summed E-state index contributed by atoms with van der Waals surface area (Å²) in [7, 11) is -2.71. The van der Waals surface area contributed by atoms with Crippen molar-refractivity contribution >= 4 is 15.9 Å². The standard InChI is InChI=1S/C27H34N4O6S/c1-20(36-19-22-9-7-15-29-17-22)25(26(32)30-37-27(2,3)4)31(18-21-8-6-14-28-16-21)38(33,34)24-12-10-23(35-5)11-13-24/h6-17,20,25H,18-19H2,1-5H3,(H,30,32)/t20-,25-/m1/s1. The minimum atomic E-state index is -4.21. The molecule has 0 fully saturated rings. The number of pyridine rings is 2. The minimum absolute atomic E-state index is 0.00353. The van der Waals surface area contributed by atoms with Gasteiger partial charge in [0, 0.05) is 31.3 Å². The van der Waals surface area contributed by atoms with E-state index in [1.807, 2.05) is 6.07 Å². The first kappa shape index (κ1) is 29.2. The molecule has 0 spiro atoms. The Morgan fingerprint density at radius 1 is 1.00 bits per heavy atom. The zero-order valence-electron chi connectivity index (χ0n) is 22.2. The average molecular weight is 543 g/mol. The quantitative estimate of drug-likeness (QED) is 0.346. The third-order valence-corrected chi connectivity index (χ3v) is 7.29. The number of hydrogen-bond acceptors (Lipinski definition) is 8. The first-order valence-corrected chi connectivity index (χ1v) is 13.5. The van der Waals surface area contributed by atoms with E-state index in [0.29, 0.717) is 11.3 Å². The van der Waals surface area contributed by atoms with Gasteiger partial charge in [0.05, 0.1) is 30.3 Å². The van der Waals surface area contributed by atoms with Crippen LogP contribution in [0.15, 0.2) is 78.2 Å². The molecule has 3 rings (SSSR count). The zero-order valence-corrected chi connectivity index (χ0v) is 23.0. The zero-order chi connectivity index (χ0) is 27.8. The maximum Gasteiger partial charge on any atom is 0.264 e. The van der Waals surface area contributed by atoms with Crippen molar-refractivity contribution in [2.24, 2.45) is 0 Å². The molecule has 0 aliphatic heterocycles. The summed E-state index contributed by atoms with van der Waals surface area (Å²) in [6.45, 7) is 6.96. The van der Waals surface area contributed by atoms with E-state index in [9.17, 15) is 13.2 Å². The number of hydroxylamine groups is 1.